The fourth-order valence-electron chi connectivity index (χ4n) is 16.3. The molecule has 67 heteroatoms. The molecule has 49 nitrogen and oxygen atoms in total. The molecule has 9 saturated heterocycles. The number of anilines is 5. The Morgan fingerprint density at radius 1 is 0.436 bits per heavy atom. The summed E-state index contributed by atoms with van der Waals surface area (Å²) in [6, 6.07) is 11.3. The quantitative estimate of drug-likeness (QED) is 0.0579. The third-order valence-corrected chi connectivity index (χ3v) is 33.2. The van der Waals surface area contributed by atoms with E-state index in [9.17, 15) is 43.4 Å². The second-order valence-corrected chi connectivity index (χ2v) is 48.9. The van der Waals surface area contributed by atoms with Gasteiger partial charge in [0.05, 0.1) is 69.2 Å². The number of nitrogens with zero attached hydrogens (tertiary/aromatic N) is 15. The van der Waals surface area contributed by atoms with Gasteiger partial charge in [-0.1, -0.05) is 17.5 Å². The normalized spacial score (nSPS) is 37.5. The number of fused-ring (bicyclic) bond motifs is 15. The number of alkyl halides is 5. The summed E-state index contributed by atoms with van der Waals surface area (Å²) in [4.78, 5) is 128. The second-order valence-electron chi connectivity index (χ2n) is 30.7. The number of aromatic amines is 3. The third kappa shape index (κ3) is 18.8. The molecule has 12 aromatic rings. The Labute approximate surface area is 774 Å². The zero-order valence-electron chi connectivity index (χ0n) is 66.8. The standard InChI is InChI=1S/C23H25FN6O9P2S2.C22H24F2N8O9P2S2.C21H23F2N9O8P2S3/c24-17-19-16(37-23(17)29-6-3-12-13(25)1-4-26-20(12)29)9-35-40(32,42)38-15-7-11(8-34-41(33,43)39-19)36-22(15)30-10-28-18-14(30)2-5-27-21(18)31;23-12-10-5-36-42(34,44)40-15-11(39-20(13(15)24)31-4-2-8-9(25)1-3-27-17(8)31)6-37-43(35,45)41-16(12)21(38-10)32-7-28-14-18(32)29-22(26)30-19(14)33;22-11-10-6-37-42(35,44)39-14-9(38-19(12(14)23)31-4-2-7-8(24)1-3-26-16(7)31)5-36-41(34,43)40-15(11)20(45-10)32-17-13(29-30-32)18(33)28-21(25)27-17/h1-6,10-11,15-17,19,22-23H,7-9H2,(H2,25,26)(H,27,31)(H,32,42)(H,33,43);1-4,7,10-13,15-16,20-21H,5-6H2,(H2,25,27)(H,34,44)(H,35,45)(H3,26,29,30,33);1-4,9-12,14-15,19-20H,5-6H2,(H2,24,26)(H,34,43)(H,35,44)(H3,25,27,28,33)/t11-,15+,16+,17-,19+,22+,23+,40?,41?;10-,11-,12-,13+,15-,16-,20-,21-,42?,43?;9-,10-,11-,12+,14-,15-,19-,20-,41?,42?/m011/s1. The number of pyridine rings is 4. The summed E-state index contributed by atoms with van der Waals surface area (Å²) in [5.41, 5.74) is 30.1. The Balaban J connectivity index is 0.000000129. The van der Waals surface area contributed by atoms with E-state index in [2.05, 4.69) is 72.4 Å². The molecule has 9 fully saturated rings. The van der Waals surface area contributed by atoms with Gasteiger partial charge in [0.2, 0.25) is 11.9 Å². The van der Waals surface area contributed by atoms with Gasteiger partial charge in [-0.2, -0.15) is 9.97 Å². The lowest BCUT2D eigenvalue weighted by atomic mass is 10.1. The maximum atomic E-state index is 16.1. The molecule has 0 spiro atoms. The van der Waals surface area contributed by atoms with E-state index >= 15 is 22.0 Å². The smallest absolute Gasteiger partial charge is 0.386 e. The maximum Gasteiger partial charge on any atom is 0.386 e. The van der Waals surface area contributed by atoms with Crippen LogP contribution in [0, 0.1) is 0 Å². The number of H-pyrrole nitrogens is 3. The van der Waals surface area contributed by atoms with Gasteiger partial charge in [-0.3, -0.25) is 56.1 Å². The predicted molar refractivity (Wildman–Crippen MR) is 479 cm³/mol. The lowest BCUT2D eigenvalue weighted by molar-refractivity contribution is -0.0598. The minimum atomic E-state index is -4.33. The summed E-state index contributed by atoms with van der Waals surface area (Å²) in [6.07, 6.45) is -17.9. The van der Waals surface area contributed by atoms with E-state index in [1.54, 1.807) is 53.2 Å². The highest BCUT2D eigenvalue weighted by molar-refractivity contribution is 8.44. The molecule has 9 aliphatic rings. The van der Waals surface area contributed by atoms with Gasteiger partial charge >= 0.3 is 40.4 Å². The first-order chi connectivity index (χ1) is 63.1. The van der Waals surface area contributed by atoms with Crippen LogP contribution in [0.25, 0.3) is 66.5 Å². The summed E-state index contributed by atoms with van der Waals surface area (Å²) < 4.78 is 198. The van der Waals surface area contributed by atoms with E-state index in [0.29, 0.717) is 55.7 Å². The zero-order chi connectivity index (χ0) is 93.8. The van der Waals surface area contributed by atoms with Crippen LogP contribution in [0.4, 0.5) is 50.9 Å². The van der Waals surface area contributed by atoms with Crippen molar-refractivity contribution in [3.63, 3.8) is 0 Å². The first kappa shape index (κ1) is 95.0. The van der Waals surface area contributed by atoms with Crippen LogP contribution < -0.4 is 45.3 Å². The van der Waals surface area contributed by atoms with E-state index in [1.165, 1.54) is 61.8 Å². The topological polar surface area (TPSA) is 649 Å². The van der Waals surface area contributed by atoms with Crippen molar-refractivity contribution in [1.82, 2.24) is 87.7 Å². The highest BCUT2D eigenvalue weighted by Gasteiger charge is 2.58. The largest absolute Gasteiger partial charge is 0.398 e. The van der Waals surface area contributed by atoms with Crippen molar-refractivity contribution in [2.24, 2.45) is 0 Å². The lowest BCUT2D eigenvalue weighted by Gasteiger charge is -2.27. The third-order valence-electron chi connectivity index (χ3n) is 22.3. The van der Waals surface area contributed by atoms with Crippen molar-refractivity contribution in [3.8, 4) is 0 Å². The molecule has 0 aliphatic carbocycles. The molecule has 0 amide bonds. The average molecular weight is 2110 g/mol. The Bertz CT molecular complexity index is 6770. The molecule has 714 valence electrons. The molecule has 0 saturated carbocycles. The van der Waals surface area contributed by atoms with Crippen LogP contribution in [-0.4, -0.2) is 255 Å². The number of nitrogen functional groups attached to an aromatic ring is 5. The summed E-state index contributed by atoms with van der Waals surface area (Å²) in [7, 11) is 0. The van der Waals surface area contributed by atoms with Crippen molar-refractivity contribution in [1.29, 1.82) is 0 Å². The van der Waals surface area contributed by atoms with Crippen molar-refractivity contribution in [2.75, 3.05) is 68.3 Å². The van der Waals surface area contributed by atoms with Gasteiger partial charge in [0.1, 0.15) is 89.5 Å². The molecule has 21 rings (SSSR count). The molecule has 9 aliphatic heterocycles. The number of imidazole rings is 2. The number of nitrogens with one attached hydrogen (secondary N) is 3. The first-order valence-corrected chi connectivity index (χ1v) is 55.8. The van der Waals surface area contributed by atoms with Gasteiger partial charge < -0.3 is 127 Å². The molecule has 12 aromatic heterocycles. The summed E-state index contributed by atoms with van der Waals surface area (Å²) in [5.74, 6) is -0.494. The summed E-state index contributed by atoms with van der Waals surface area (Å²) >= 11 is 31.0. The van der Waals surface area contributed by atoms with Gasteiger partial charge in [0, 0.05) is 83.0 Å². The lowest BCUT2D eigenvalue weighted by Crippen LogP contribution is -2.34. The molecule has 29 atom stereocenters. The maximum absolute atomic E-state index is 16.1. The number of halogens is 5. The highest BCUT2D eigenvalue weighted by atomic mass is 32.7. The van der Waals surface area contributed by atoms with Crippen molar-refractivity contribution in [2.45, 2.75) is 146 Å². The molecule has 133 heavy (non-hydrogen) atoms. The predicted octanol–water partition coefficient (Wildman–Crippen LogP) is 5.17. The highest BCUT2D eigenvalue weighted by Crippen LogP contribution is 2.62. The van der Waals surface area contributed by atoms with Crippen LogP contribution in [0.2, 0.25) is 0 Å². The van der Waals surface area contributed by atoms with Crippen LogP contribution in [0.3, 0.4) is 0 Å². The second kappa shape index (κ2) is 36.7. The van der Waals surface area contributed by atoms with E-state index < -0.39 is 230 Å². The molecule has 0 aromatic carbocycles. The van der Waals surface area contributed by atoms with Gasteiger partial charge in [0.15, 0.2) is 83.7 Å². The molecular weight excluding hydrogens is 2040 g/mol. The molecule has 18 N–H and O–H groups in total. The number of hydrogen-bond acceptors (Lipinski definition) is 41. The Hall–Kier alpha value is -6.93. The van der Waals surface area contributed by atoms with E-state index in [-0.39, 0.29) is 52.8 Å². The van der Waals surface area contributed by atoms with Crippen LogP contribution in [0.1, 0.15) is 42.9 Å². The fourth-order valence-corrected chi connectivity index (χ4v) is 26.6. The molecular formula is C66H72F5N23O26P6S7. The molecule has 6 unspecified atom stereocenters. The Morgan fingerprint density at radius 3 is 1.41 bits per heavy atom. The number of thiol groups is 1. The number of ether oxygens (including phenoxy) is 5. The number of thioether (sulfide) groups is 1. The van der Waals surface area contributed by atoms with E-state index in [0.717, 1.165) is 22.8 Å². The average Bonchev–Trinajstić information content (AvgIpc) is 1.63. The van der Waals surface area contributed by atoms with Crippen molar-refractivity contribution < 1.29 is 129 Å². The first-order valence-electron chi connectivity index (χ1n) is 39.2. The number of rotatable bonds is 6. The summed E-state index contributed by atoms with van der Waals surface area (Å²) in [5, 5.41) is 7.18. The Kier molecular flexibility index (Phi) is 26.2. The van der Waals surface area contributed by atoms with Crippen LogP contribution in [0.15, 0.2) is 113 Å². The fraction of sp³-hybridized carbons (Fsp3) is 0.455. The van der Waals surface area contributed by atoms with E-state index in [1.807, 2.05) is 0 Å². The summed E-state index contributed by atoms with van der Waals surface area (Å²) in [6.45, 7) is -28.6. The van der Waals surface area contributed by atoms with Crippen LogP contribution >= 0.6 is 64.4 Å². The van der Waals surface area contributed by atoms with Crippen molar-refractivity contribution >= 4 is 219 Å². The van der Waals surface area contributed by atoms with Crippen molar-refractivity contribution in [3.05, 3.63) is 130 Å². The minimum Gasteiger partial charge on any atom is -0.398 e. The van der Waals surface area contributed by atoms with E-state index in [4.69, 9.17) is 166 Å². The molecule has 6 bridgehead atoms. The SMILES string of the molecule is Nc1ccnc2c1ccn2[C@@H]1O[C@@H]2COP(O)(=S)O[C@@H]3C[C@@H](COP(=O)(S)O[C@H]2[C@@H]1F)O[C@H]3n1cnc2c(=O)[nH]ccc21.Nc1nc2c(ncn2[C@@H]2O[C@@H]3COP(O)(=S)O[C@H]4[C@H](F)[C@H](n5ccc6c(N)ccnc65)O[C@@H]4COP(O)(=S)O[C@@H]2[C@@H]3F)c(=O)[nH]1.Nc1nc2c(nnn2[C@@H]2S[C@@H]3COP(O)(=S)O[C@H]4[C@H](F)[C@H](n5ccc6c(N)ccnc65)O[C@@H]4COP(O)(=S)O[C@@H]2[C@@H]3F)c(=O)[nH]1. The van der Waals surface area contributed by atoms with Crippen LogP contribution in [0.5, 0.6) is 0 Å². The van der Waals surface area contributed by atoms with Gasteiger partial charge in [-0.15, -0.1) is 16.9 Å². The van der Waals surface area contributed by atoms with Gasteiger partial charge in [-0.05, 0) is 101 Å². The van der Waals surface area contributed by atoms with Gasteiger partial charge in [0.25, 0.3) is 16.7 Å². The number of aromatic nitrogens is 18. The van der Waals surface area contributed by atoms with Gasteiger partial charge in [-0.25, -0.2) is 56.1 Å². The Morgan fingerprint density at radius 2 is 0.880 bits per heavy atom. The molecule has 21 heterocycles. The minimum absolute atomic E-state index is 0.0801. The van der Waals surface area contributed by atoms with Crippen LogP contribution in [-0.2, 0) is 142 Å². The monoisotopic (exact) mass is 2110 g/mol. The molecule has 0 radical (unpaired) electrons. The zero-order valence-corrected chi connectivity index (χ0v) is 78.0. The number of hydrogen-bond donors (Lipinski definition) is 14. The number of nitrogens with two attached hydrogens (primary N) is 5.